The summed E-state index contributed by atoms with van der Waals surface area (Å²) in [6.45, 7) is 13.3. The van der Waals surface area contributed by atoms with Crippen molar-refractivity contribution < 1.29 is 9.16 Å². The van der Waals surface area contributed by atoms with E-state index in [0.29, 0.717) is 13.2 Å². The third kappa shape index (κ3) is 7.21. The van der Waals surface area contributed by atoms with E-state index in [9.17, 15) is 0 Å². The lowest BCUT2D eigenvalue weighted by molar-refractivity contribution is 0.105. The Labute approximate surface area is 203 Å². The number of hydrogen-bond donors (Lipinski definition) is 0. The predicted octanol–water partition coefficient (Wildman–Crippen LogP) is 6.86. The Morgan fingerprint density at radius 1 is 0.879 bits per heavy atom. The third-order valence-corrected chi connectivity index (χ3v) is 11.3. The molecule has 0 aromatic carbocycles. The lowest BCUT2D eigenvalue weighted by Gasteiger charge is -2.36. The summed E-state index contributed by atoms with van der Waals surface area (Å²) < 4.78 is 12.1. The molecule has 3 heterocycles. The van der Waals surface area contributed by atoms with E-state index in [1.165, 1.54) is 0 Å². The number of pyridine rings is 3. The van der Waals surface area contributed by atoms with E-state index >= 15 is 0 Å². The van der Waals surface area contributed by atoms with Gasteiger partial charge in [0, 0.05) is 30.5 Å². The maximum absolute atomic E-state index is 6.23. The van der Waals surface area contributed by atoms with Gasteiger partial charge in [-0.15, -0.1) is 11.8 Å². The smallest absolute Gasteiger partial charge is 0.191 e. The monoisotopic (exact) mass is 481 g/mol. The first-order chi connectivity index (χ1) is 15.7. The van der Waals surface area contributed by atoms with Gasteiger partial charge < -0.3 is 9.16 Å². The van der Waals surface area contributed by atoms with Gasteiger partial charge in [-0.3, -0.25) is 9.97 Å². The molecule has 3 rings (SSSR count). The van der Waals surface area contributed by atoms with Gasteiger partial charge in [-0.2, -0.15) is 0 Å². The first-order valence-electron chi connectivity index (χ1n) is 11.3. The maximum Gasteiger partial charge on any atom is 0.191 e. The standard InChI is InChI=1S/C26H35N3O2SSi/c1-26(2,3)33(5,6)31-15-9-14-30-19-20-11-13-28-23(16-20)25-18-21(32-4)17-24(29-25)22-10-7-8-12-27-22/h7-8,10-13,16-18H,9,14-15,19H2,1-6H3. The minimum Gasteiger partial charge on any atom is -0.417 e. The number of ether oxygens (including phenoxy) is 1. The molecule has 3 aromatic rings. The van der Waals surface area contributed by atoms with Crippen LogP contribution in [0.15, 0.2) is 59.8 Å². The summed E-state index contributed by atoms with van der Waals surface area (Å²) in [6.07, 6.45) is 6.57. The van der Waals surface area contributed by atoms with Gasteiger partial charge in [0.25, 0.3) is 0 Å². The Morgan fingerprint density at radius 3 is 2.27 bits per heavy atom. The van der Waals surface area contributed by atoms with Crippen molar-refractivity contribution in [2.75, 3.05) is 19.5 Å². The van der Waals surface area contributed by atoms with Crippen LogP contribution >= 0.6 is 11.8 Å². The van der Waals surface area contributed by atoms with Gasteiger partial charge in [0.1, 0.15) is 0 Å². The van der Waals surface area contributed by atoms with Crippen molar-refractivity contribution in [3.8, 4) is 22.8 Å². The van der Waals surface area contributed by atoms with Crippen LogP contribution in [0.25, 0.3) is 22.8 Å². The molecule has 0 amide bonds. The first-order valence-corrected chi connectivity index (χ1v) is 15.5. The number of aromatic nitrogens is 3. The van der Waals surface area contributed by atoms with E-state index in [1.54, 1.807) is 18.0 Å². The molecule has 0 spiro atoms. The summed E-state index contributed by atoms with van der Waals surface area (Å²) >= 11 is 1.69. The van der Waals surface area contributed by atoms with Crippen LogP contribution in [0.3, 0.4) is 0 Å². The van der Waals surface area contributed by atoms with Crippen molar-refractivity contribution in [3.05, 3.63) is 60.4 Å². The maximum atomic E-state index is 6.23. The topological polar surface area (TPSA) is 57.1 Å². The van der Waals surface area contributed by atoms with Gasteiger partial charge in [-0.1, -0.05) is 26.8 Å². The number of thioether (sulfide) groups is 1. The molecule has 0 N–H and O–H groups in total. The van der Waals surface area contributed by atoms with Crippen LogP contribution in [0.1, 0.15) is 32.8 Å². The summed E-state index contributed by atoms with van der Waals surface area (Å²) in [5.41, 5.74) is 4.47. The molecule has 0 aliphatic heterocycles. The highest BCUT2D eigenvalue weighted by Crippen LogP contribution is 2.36. The van der Waals surface area contributed by atoms with Crippen LogP contribution in [-0.4, -0.2) is 42.7 Å². The zero-order chi connectivity index (χ0) is 23.9. The summed E-state index contributed by atoms with van der Waals surface area (Å²) in [7, 11) is -1.69. The molecular weight excluding hydrogens is 446 g/mol. The minimum absolute atomic E-state index is 0.235. The molecule has 176 valence electrons. The molecule has 3 aromatic heterocycles. The van der Waals surface area contributed by atoms with E-state index in [2.05, 4.69) is 68.3 Å². The second-order valence-electron chi connectivity index (χ2n) is 9.56. The van der Waals surface area contributed by atoms with Gasteiger partial charge in [-0.05, 0) is 72.8 Å². The lowest BCUT2D eigenvalue weighted by Crippen LogP contribution is -2.41. The largest absolute Gasteiger partial charge is 0.417 e. The Morgan fingerprint density at radius 2 is 1.61 bits per heavy atom. The number of nitrogens with zero attached hydrogens (tertiary/aromatic N) is 3. The van der Waals surface area contributed by atoms with Crippen LogP contribution in [0, 0.1) is 0 Å². The van der Waals surface area contributed by atoms with Gasteiger partial charge in [0.05, 0.1) is 29.4 Å². The molecule has 0 radical (unpaired) electrons. The summed E-state index contributed by atoms with van der Waals surface area (Å²) in [6, 6.07) is 14.0. The highest BCUT2D eigenvalue weighted by molar-refractivity contribution is 7.98. The number of rotatable bonds is 10. The van der Waals surface area contributed by atoms with Crippen molar-refractivity contribution >= 4 is 20.1 Å². The summed E-state index contributed by atoms with van der Waals surface area (Å²) in [5, 5.41) is 0.235. The van der Waals surface area contributed by atoms with E-state index < -0.39 is 8.32 Å². The second kappa shape index (κ2) is 11.4. The fourth-order valence-electron chi connectivity index (χ4n) is 3.00. The van der Waals surface area contributed by atoms with Crippen molar-refractivity contribution in [1.29, 1.82) is 0 Å². The number of hydrogen-bond acceptors (Lipinski definition) is 6. The van der Waals surface area contributed by atoms with Gasteiger partial charge in [-0.25, -0.2) is 4.98 Å². The predicted molar refractivity (Wildman–Crippen MR) is 140 cm³/mol. The van der Waals surface area contributed by atoms with Crippen LogP contribution < -0.4 is 0 Å². The molecule has 33 heavy (non-hydrogen) atoms. The highest BCUT2D eigenvalue weighted by Gasteiger charge is 2.36. The van der Waals surface area contributed by atoms with E-state index in [0.717, 1.165) is 46.3 Å². The molecule has 0 unspecified atom stereocenters. The zero-order valence-corrected chi connectivity index (χ0v) is 22.4. The van der Waals surface area contributed by atoms with Crippen molar-refractivity contribution in [3.63, 3.8) is 0 Å². The fourth-order valence-corrected chi connectivity index (χ4v) is 4.55. The Kier molecular flexibility index (Phi) is 8.81. The van der Waals surface area contributed by atoms with Crippen molar-refractivity contribution in [1.82, 2.24) is 15.0 Å². The molecule has 0 fully saturated rings. The molecule has 7 heteroatoms. The SMILES string of the molecule is CSc1cc(-c2ccccn2)nc(-c2cc(COCCCO[Si](C)(C)C(C)(C)C)ccn2)c1. The van der Waals surface area contributed by atoms with Gasteiger partial charge in [0.15, 0.2) is 8.32 Å². The molecule has 0 atom stereocenters. The third-order valence-electron chi connectivity index (χ3n) is 6.02. The molecule has 0 saturated carbocycles. The van der Waals surface area contributed by atoms with Crippen molar-refractivity contribution in [2.45, 2.75) is 56.8 Å². The lowest BCUT2D eigenvalue weighted by atomic mass is 10.1. The van der Waals surface area contributed by atoms with Gasteiger partial charge >= 0.3 is 0 Å². The fraction of sp³-hybridized carbons (Fsp3) is 0.423. The van der Waals surface area contributed by atoms with Crippen LogP contribution in [0.2, 0.25) is 18.1 Å². The van der Waals surface area contributed by atoms with E-state index in [-0.39, 0.29) is 5.04 Å². The normalized spacial score (nSPS) is 12.2. The summed E-state index contributed by atoms with van der Waals surface area (Å²) in [5.74, 6) is 0. The molecular formula is C26H35N3O2SSi. The highest BCUT2D eigenvalue weighted by atomic mass is 32.2. The average molecular weight is 482 g/mol. The van der Waals surface area contributed by atoms with Crippen LogP contribution in [-0.2, 0) is 15.8 Å². The molecule has 0 aliphatic carbocycles. The van der Waals surface area contributed by atoms with E-state index in [1.807, 2.05) is 30.5 Å². The van der Waals surface area contributed by atoms with Crippen LogP contribution in [0.4, 0.5) is 0 Å². The Balaban J connectivity index is 1.61. The molecule has 5 nitrogen and oxygen atoms in total. The first kappa shape index (κ1) is 25.6. The zero-order valence-electron chi connectivity index (χ0n) is 20.6. The Hall–Kier alpha value is -2.06. The second-order valence-corrected chi connectivity index (χ2v) is 15.2. The minimum atomic E-state index is -1.69. The molecule has 0 saturated heterocycles. The average Bonchev–Trinajstić information content (AvgIpc) is 2.81. The van der Waals surface area contributed by atoms with Crippen molar-refractivity contribution in [2.24, 2.45) is 0 Å². The van der Waals surface area contributed by atoms with E-state index in [4.69, 9.17) is 14.1 Å². The Bertz CT molecular complexity index is 1040. The molecule has 0 bridgehead atoms. The summed E-state index contributed by atoms with van der Waals surface area (Å²) in [4.78, 5) is 15.0. The quantitative estimate of drug-likeness (QED) is 0.179. The van der Waals surface area contributed by atoms with Crippen LogP contribution in [0.5, 0.6) is 0 Å². The van der Waals surface area contributed by atoms with Gasteiger partial charge in [0.2, 0.25) is 0 Å². The molecule has 0 aliphatic rings.